The first-order valence-electron chi connectivity index (χ1n) is 6.35. The van der Waals surface area contributed by atoms with Gasteiger partial charge in [-0.1, -0.05) is 0 Å². The third-order valence-electron chi connectivity index (χ3n) is 3.48. The van der Waals surface area contributed by atoms with Crippen LogP contribution in [0, 0.1) is 0 Å². The van der Waals surface area contributed by atoms with Crippen molar-refractivity contribution in [3.63, 3.8) is 0 Å². The zero-order valence-corrected chi connectivity index (χ0v) is 11.3. The zero-order valence-electron chi connectivity index (χ0n) is 11.3. The average molecular weight is 265 g/mol. The highest BCUT2D eigenvalue weighted by Crippen LogP contribution is 2.29. The lowest BCUT2D eigenvalue weighted by molar-refractivity contribution is 0.0677. The summed E-state index contributed by atoms with van der Waals surface area (Å²) in [5.41, 5.74) is 0.554. The van der Waals surface area contributed by atoms with Gasteiger partial charge in [0, 0.05) is 12.1 Å². The number of aliphatic hydroxyl groups is 1. The normalized spacial score (nSPS) is 18.5. The molecule has 1 aliphatic heterocycles. The van der Waals surface area contributed by atoms with Crippen LogP contribution in [0.25, 0.3) is 0 Å². The monoisotopic (exact) mass is 265 g/mol. The van der Waals surface area contributed by atoms with Gasteiger partial charge in [-0.2, -0.15) is 0 Å². The topological polar surface area (TPSA) is 59.0 Å². The van der Waals surface area contributed by atoms with E-state index in [1.165, 1.54) is 0 Å². The Labute approximate surface area is 112 Å². The summed E-state index contributed by atoms with van der Waals surface area (Å²) in [4.78, 5) is 14.1. The van der Waals surface area contributed by atoms with Crippen LogP contribution < -0.4 is 9.47 Å². The molecule has 0 aliphatic carbocycles. The molecule has 0 bridgehead atoms. The molecular weight excluding hydrogens is 246 g/mol. The van der Waals surface area contributed by atoms with Crippen LogP contribution in [0.4, 0.5) is 0 Å². The van der Waals surface area contributed by atoms with Gasteiger partial charge in [-0.3, -0.25) is 4.79 Å². The second-order valence-corrected chi connectivity index (χ2v) is 4.55. The van der Waals surface area contributed by atoms with Crippen molar-refractivity contribution in [1.82, 2.24) is 4.90 Å². The lowest BCUT2D eigenvalue weighted by Crippen LogP contribution is -2.37. The van der Waals surface area contributed by atoms with Crippen molar-refractivity contribution in [1.29, 1.82) is 0 Å². The van der Waals surface area contributed by atoms with Gasteiger partial charge in [0.05, 0.1) is 26.9 Å². The molecule has 2 rings (SSSR count). The largest absolute Gasteiger partial charge is 0.493 e. The number of hydrogen-bond donors (Lipinski definition) is 1. The summed E-state index contributed by atoms with van der Waals surface area (Å²) in [6.07, 6.45) is 1.79. The summed E-state index contributed by atoms with van der Waals surface area (Å²) in [5, 5.41) is 9.28. The van der Waals surface area contributed by atoms with Gasteiger partial charge >= 0.3 is 0 Å². The predicted molar refractivity (Wildman–Crippen MR) is 70.7 cm³/mol. The highest BCUT2D eigenvalue weighted by atomic mass is 16.5. The van der Waals surface area contributed by atoms with Crippen molar-refractivity contribution in [2.45, 2.75) is 18.9 Å². The number of rotatable bonds is 4. The highest BCUT2D eigenvalue weighted by molar-refractivity contribution is 5.95. The first-order valence-corrected chi connectivity index (χ1v) is 6.35. The molecule has 1 N–H and O–H groups in total. The molecule has 1 unspecified atom stereocenters. The van der Waals surface area contributed by atoms with Crippen molar-refractivity contribution < 1.29 is 19.4 Å². The summed E-state index contributed by atoms with van der Waals surface area (Å²) in [6, 6.07) is 5.04. The van der Waals surface area contributed by atoms with Gasteiger partial charge in [-0.25, -0.2) is 0 Å². The Morgan fingerprint density at radius 3 is 2.74 bits per heavy atom. The summed E-state index contributed by atoms with van der Waals surface area (Å²) < 4.78 is 10.3. The predicted octanol–water partition coefficient (Wildman–Crippen LogP) is 1.30. The van der Waals surface area contributed by atoms with Gasteiger partial charge in [0.1, 0.15) is 0 Å². The van der Waals surface area contributed by atoms with E-state index in [-0.39, 0.29) is 18.6 Å². The van der Waals surface area contributed by atoms with E-state index in [9.17, 15) is 9.90 Å². The molecule has 19 heavy (non-hydrogen) atoms. The lowest BCUT2D eigenvalue weighted by atomic mass is 10.1. The van der Waals surface area contributed by atoms with E-state index in [4.69, 9.17) is 9.47 Å². The van der Waals surface area contributed by atoms with Crippen LogP contribution in [0.2, 0.25) is 0 Å². The molecular formula is C14H19NO4. The molecule has 0 aromatic heterocycles. The Morgan fingerprint density at radius 2 is 2.11 bits per heavy atom. The third kappa shape index (κ3) is 2.66. The van der Waals surface area contributed by atoms with Crippen LogP contribution >= 0.6 is 0 Å². The second-order valence-electron chi connectivity index (χ2n) is 4.55. The molecule has 5 heteroatoms. The Kier molecular flexibility index (Phi) is 4.27. The van der Waals surface area contributed by atoms with Gasteiger partial charge < -0.3 is 19.5 Å². The van der Waals surface area contributed by atoms with Crippen LogP contribution in [0.15, 0.2) is 18.2 Å². The first-order chi connectivity index (χ1) is 9.21. The maximum absolute atomic E-state index is 12.4. The summed E-state index contributed by atoms with van der Waals surface area (Å²) >= 11 is 0. The number of methoxy groups -OCH3 is 2. The SMILES string of the molecule is COc1ccc(C(=O)N2CCCC2CO)cc1OC. The van der Waals surface area contributed by atoms with Crippen LogP contribution in [-0.4, -0.2) is 49.3 Å². The fraction of sp³-hybridized carbons (Fsp3) is 0.500. The van der Waals surface area contributed by atoms with Crippen LogP contribution in [0.1, 0.15) is 23.2 Å². The fourth-order valence-corrected chi connectivity index (χ4v) is 2.43. The highest BCUT2D eigenvalue weighted by Gasteiger charge is 2.29. The van der Waals surface area contributed by atoms with Crippen molar-refractivity contribution in [3.05, 3.63) is 23.8 Å². The lowest BCUT2D eigenvalue weighted by Gasteiger charge is -2.23. The van der Waals surface area contributed by atoms with E-state index < -0.39 is 0 Å². The number of hydrogen-bond acceptors (Lipinski definition) is 4. The Balaban J connectivity index is 2.24. The quantitative estimate of drug-likeness (QED) is 0.891. The number of aliphatic hydroxyl groups excluding tert-OH is 1. The van der Waals surface area contributed by atoms with E-state index >= 15 is 0 Å². The molecule has 5 nitrogen and oxygen atoms in total. The maximum atomic E-state index is 12.4. The number of likely N-dealkylation sites (tertiary alicyclic amines) is 1. The van der Waals surface area contributed by atoms with Crippen LogP contribution in [0.5, 0.6) is 11.5 Å². The van der Waals surface area contributed by atoms with Crippen LogP contribution in [0.3, 0.4) is 0 Å². The molecule has 1 amide bonds. The molecule has 1 saturated heterocycles. The number of amides is 1. The van der Waals surface area contributed by atoms with E-state index in [1.54, 1.807) is 37.3 Å². The molecule has 0 radical (unpaired) electrons. The minimum absolute atomic E-state index is 0.0129. The molecule has 0 saturated carbocycles. The van der Waals surface area contributed by atoms with Crippen LogP contribution in [-0.2, 0) is 0 Å². The molecule has 1 fully saturated rings. The van der Waals surface area contributed by atoms with Crippen molar-refractivity contribution in [2.24, 2.45) is 0 Å². The van der Waals surface area contributed by atoms with Gasteiger partial charge in [0.2, 0.25) is 0 Å². The van der Waals surface area contributed by atoms with E-state index in [0.717, 1.165) is 12.8 Å². The number of ether oxygens (including phenoxy) is 2. The average Bonchev–Trinajstić information content (AvgIpc) is 2.94. The van der Waals surface area contributed by atoms with Crippen molar-refractivity contribution in [3.8, 4) is 11.5 Å². The third-order valence-corrected chi connectivity index (χ3v) is 3.48. The van der Waals surface area contributed by atoms with E-state index in [2.05, 4.69) is 0 Å². The van der Waals surface area contributed by atoms with Crippen molar-refractivity contribution in [2.75, 3.05) is 27.4 Å². The number of benzene rings is 1. The number of nitrogens with zero attached hydrogens (tertiary/aromatic N) is 1. The summed E-state index contributed by atoms with van der Waals surface area (Å²) in [7, 11) is 3.10. The van der Waals surface area contributed by atoms with E-state index in [1.807, 2.05) is 0 Å². The fourth-order valence-electron chi connectivity index (χ4n) is 2.43. The minimum Gasteiger partial charge on any atom is -0.493 e. The second kappa shape index (κ2) is 5.93. The first kappa shape index (κ1) is 13.7. The molecule has 1 aliphatic rings. The molecule has 0 spiro atoms. The van der Waals surface area contributed by atoms with Gasteiger partial charge in [-0.05, 0) is 31.0 Å². The molecule has 1 heterocycles. The minimum atomic E-state index is -0.0718. The smallest absolute Gasteiger partial charge is 0.254 e. The maximum Gasteiger partial charge on any atom is 0.254 e. The zero-order chi connectivity index (χ0) is 13.8. The number of carbonyl (C=O) groups excluding carboxylic acids is 1. The Bertz CT molecular complexity index is 461. The molecule has 1 aromatic rings. The number of carbonyl (C=O) groups is 1. The van der Waals surface area contributed by atoms with Crippen molar-refractivity contribution >= 4 is 5.91 Å². The van der Waals surface area contributed by atoms with Gasteiger partial charge in [-0.15, -0.1) is 0 Å². The molecule has 1 aromatic carbocycles. The van der Waals surface area contributed by atoms with Gasteiger partial charge in [0.25, 0.3) is 5.91 Å². The van der Waals surface area contributed by atoms with Gasteiger partial charge in [0.15, 0.2) is 11.5 Å². The molecule has 104 valence electrons. The Hall–Kier alpha value is -1.75. The van der Waals surface area contributed by atoms with E-state index in [0.29, 0.717) is 23.6 Å². The Morgan fingerprint density at radius 1 is 1.37 bits per heavy atom. The summed E-state index contributed by atoms with van der Waals surface area (Å²) in [6.45, 7) is 0.706. The standard InChI is InChI=1S/C14H19NO4/c1-18-12-6-5-10(8-13(12)19-2)14(17)15-7-3-4-11(15)9-16/h5-6,8,11,16H,3-4,7,9H2,1-2H3. The molecule has 1 atom stereocenters. The summed E-state index contributed by atoms with van der Waals surface area (Å²) in [5.74, 6) is 1.06.